The van der Waals surface area contributed by atoms with Crippen molar-refractivity contribution in [3.8, 4) is 11.5 Å². The summed E-state index contributed by atoms with van der Waals surface area (Å²) in [5.41, 5.74) is 3.35. The first-order chi connectivity index (χ1) is 17.9. The number of ether oxygens (including phenoxy) is 2. The summed E-state index contributed by atoms with van der Waals surface area (Å²) in [6, 6.07) is 21.7. The van der Waals surface area contributed by atoms with E-state index in [1.165, 1.54) is 0 Å². The fourth-order valence-electron chi connectivity index (χ4n) is 3.31. The Morgan fingerprint density at radius 2 is 1.11 bits per heavy atom. The number of aryl methyl sites for hydroxylation is 1. The number of hydrogen-bond acceptors (Lipinski definition) is 9. The minimum Gasteiger partial charge on any atom is -0.497 e. The van der Waals surface area contributed by atoms with E-state index in [0.717, 1.165) is 28.4 Å². The van der Waals surface area contributed by atoms with E-state index in [9.17, 15) is 4.79 Å². The molecule has 3 aromatic carbocycles. The molecule has 1 amide bonds. The number of hydrogen-bond donors (Lipinski definition) is 4. The Labute approximate surface area is 215 Å². The molecule has 0 unspecified atom stereocenters. The molecule has 0 bridgehead atoms. The molecule has 1 aromatic heterocycles. The lowest BCUT2D eigenvalue weighted by Gasteiger charge is -2.16. The van der Waals surface area contributed by atoms with Crippen LogP contribution < -0.4 is 30.7 Å². The molecule has 0 radical (unpaired) electrons. The van der Waals surface area contributed by atoms with E-state index in [0.29, 0.717) is 17.6 Å². The van der Waals surface area contributed by atoms with E-state index < -0.39 is 6.04 Å². The first-order valence-corrected chi connectivity index (χ1v) is 11.6. The van der Waals surface area contributed by atoms with Crippen molar-refractivity contribution in [1.82, 2.24) is 15.0 Å². The van der Waals surface area contributed by atoms with E-state index in [1.54, 1.807) is 21.1 Å². The number of carbonyl (C=O) groups is 1. The van der Waals surface area contributed by atoms with Crippen molar-refractivity contribution in [2.75, 3.05) is 35.5 Å². The van der Waals surface area contributed by atoms with E-state index >= 15 is 0 Å². The zero-order valence-electron chi connectivity index (χ0n) is 21.1. The van der Waals surface area contributed by atoms with Gasteiger partial charge in [-0.15, -0.1) is 0 Å². The number of carbonyl (C=O) groups excluding carboxylic acids is 1. The number of rotatable bonds is 10. The van der Waals surface area contributed by atoms with Crippen molar-refractivity contribution in [2.24, 2.45) is 0 Å². The normalized spacial score (nSPS) is 11.2. The Hall–Kier alpha value is -4.86. The molecule has 0 aliphatic heterocycles. The van der Waals surface area contributed by atoms with Crippen LogP contribution in [-0.4, -0.2) is 41.1 Å². The third-order valence-electron chi connectivity index (χ3n) is 5.39. The number of anilines is 6. The predicted octanol–water partition coefficient (Wildman–Crippen LogP) is 5.12. The number of amides is 1. The van der Waals surface area contributed by atoms with Crippen LogP contribution in [0.4, 0.5) is 34.9 Å². The van der Waals surface area contributed by atoms with E-state index in [4.69, 9.17) is 9.47 Å². The third-order valence-corrected chi connectivity index (χ3v) is 5.39. The van der Waals surface area contributed by atoms with Crippen LogP contribution in [-0.2, 0) is 4.79 Å². The average Bonchev–Trinajstić information content (AvgIpc) is 2.90. The van der Waals surface area contributed by atoms with Crippen molar-refractivity contribution >= 4 is 40.8 Å². The first-order valence-electron chi connectivity index (χ1n) is 11.6. The summed E-state index contributed by atoms with van der Waals surface area (Å²) in [6.07, 6.45) is 0. The molecule has 4 rings (SSSR count). The molecule has 4 N–H and O–H groups in total. The topological polar surface area (TPSA) is 122 Å². The quantitative estimate of drug-likeness (QED) is 0.235. The monoisotopic (exact) mass is 499 g/mol. The van der Waals surface area contributed by atoms with Crippen LogP contribution in [0.3, 0.4) is 0 Å². The summed E-state index contributed by atoms with van der Waals surface area (Å²) in [7, 11) is 3.22. The van der Waals surface area contributed by atoms with Crippen LogP contribution in [0.15, 0.2) is 72.8 Å². The molecular weight excluding hydrogens is 470 g/mol. The molecule has 37 heavy (non-hydrogen) atoms. The lowest BCUT2D eigenvalue weighted by atomic mass is 10.2. The fourth-order valence-corrected chi connectivity index (χ4v) is 3.31. The van der Waals surface area contributed by atoms with Gasteiger partial charge in [0.05, 0.1) is 14.2 Å². The van der Waals surface area contributed by atoms with Crippen molar-refractivity contribution in [3.63, 3.8) is 0 Å². The van der Waals surface area contributed by atoms with Gasteiger partial charge in [0.15, 0.2) is 0 Å². The smallest absolute Gasteiger partial charge is 0.246 e. The van der Waals surface area contributed by atoms with Gasteiger partial charge in [-0.1, -0.05) is 17.7 Å². The molecule has 0 aliphatic carbocycles. The van der Waals surface area contributed by atoms with Crippen molar-refractivity contribution in [1.29, 1.82) is 0 Å². The molecule has 0 spiro atoms. The van der Waals surface area contributed by atoms with Crippen molar-refractivity contribution in [3.05, 3.63) is 78.4 Å². The molecule has 190 valence electrons. The summed E-state index contributed by atoms with van der Waals surface area (Å²) in [5, 5.41) is 12.3. The Balaban J connectivity index is 1.54. The number of benzene rings is 3. The second kappa shape index (κ2) is 11.7. The van der Waals surface area contributed by atoms with Crippen molar-refractivity contribution < 1.29 is 14.3 Å². The maximum atomic E-state index is 12.8. The lowest BCUT2D eigenvalue weighted by Crippen LogP contribution is -2.32. The molecule has 1 atom stereocenters. The van der Waals surface area contributed by atoms with Gasteiger partial charge in [0.2, 0.25) is 23.8 Å². The minimum atomic E-state index is -0.619. The molecule has 0 saturated carbocycles. The minimum absolute atomic E-state index is 0.224. The van der Waals surface area contributed by atoms with E-state index in [-0.39, 0.29) is 11.9 Å². The molecule has 10 heteroatoms. The van der Waals surface area contributed by atoms with Gasteiger partial charge in [0.25, 0.3) is 0 Å². The second-order valence-corrected chi connectivity index (χ2v) is 8.23. The number of aromatic nitrogens is 3. The van der Waals surface area contributed by atoms with Crippen LogP contribution in [0.1, 0.15) is 12.5 Å². The Morgan fingerprint density at radius 3 is 1.57 bits per heavy atom. The maximum absolute atomic E-state index is 12.8. The highest BCUT2D eigenvalue weighted by molar-refractivity contribution is 5.96. The molecule has 10 nitrogen and oxygen atoms in total. The first kappa shape index (κ1) is 25.2. The Bertz CT molecular complexity index is 1260. The maximum Gasteiger partial charge on any atom is 0.246 e. The summed E-state index contributed by atoms with van der Waals surface area (Å²) in [5.74, 6) is 2.07. The molecular formula is C27H29N7O3. The van der Waals surface area contributed by atoms with Crippen LogP contribution in [0, 0.1) is 6.92 Å². The summed E-state index contributed by atoms with van der Waals surface area (Å²) in [6.45, 7) is 3.73. The highest BCUT2D eigenvalue weighted by atomic mass is 16.5. The summed E-state index contributed by atoms with van der Waals surface area (Å²) in [4.78, 5) is 26.2. The second-order valence-electron chi connectivity index (χ2n) is 8.23. The number of nitrogens with zero attached hydrogens (tertiary/aromatic N) is 3. The van der Waals surface area contributed by atoms with Gasteiger partial charge < -0.3 is 30.7 Å². The average molecular weight is 500 g/mol. The van der Waals surface area contributed by atoms with Crippen LogP contribution >= 0.6 is 0 Å². The van der Waals surface area contributed by atoms with Crippen LogP contribution in [0.5, 0.6) is 11.5 Å². The van der Waals surface area contributed by atoms with Gasteiger partial charge in [0.1, 0.15) is 17.5 Å². The van der Waals surface area contributed by atoms with Gasteiger partial charge in [0, 0.05) is 17.1 Å². The zero-order chi connectivity index (χ0) is 26.2. The Kier molecular flexibility index (Phi) is 7.99. The Morgan fingerprint density at radius 1 is 0.676 bits per heavy atom. The fraction of sp³-hybridized carbons (Fsp3) is 0.185. The largest absolute Gasteiger partial charge is 0.497 e. The molecule has 0 fully saturated rings. The molecule has 1 heterocycles. The van der Waals surface area contributed by atoms with E-state index in [2.05, 4.69) is 36.2 Å². The summed E-state index contributed by atoms with van der Waals surface area (Å²) < 4.78 is 10.4. The van der Waals surface area contributed by atoms with Crippen LogP contribution in [0.25, 0.3) is 0 Å². The highest BCUT2D eigenvalue weighted by Crippen LogP contribution is 2.22. The van der Waals surface area contributed by atoms with Gasteiger partial charge in [-0.2, -0.15) is 15.0 Å². The number of methoxy groups -OCH3 is 2. The third kappa shape index (κ3) is 7.07. The molecule has 0 aliphatic rings. The number of nitrogens with one attached hydrogen (secondary N) is 4. The molecule has 0 saturated heterocycles. The SMILES string of the molecule is COc1ccc(Nc2nc(Nc3ccc(OC)cc3)nc(N[C@@H](C)C(=O)Nc3ccc(C)cc3)n2)cc1. The predicted molar refractivity (Wildman–Crippen MR) is 145 cm³/mol. The van der Waals surface area contributed by atoms with Crippen molar-refractivity contribution in [2.45, 2.75) is 19.9 Å². The van der Waals surface area contributed by atoms with Gasteiger partial charge in [-0.05, 0) is 74.5 Å². The van der Waals surface area contributed by atoms with Gasteiger partial charge in [-0.25, -0.2) is 0 Å². The lowest BCUT2D eigenvalue weighted by molar-refractivity contribution is -0.116. The summed E-state index contributed by atoms with van der Waals surface area (Å²) >= 11 is 0. The highest BCUT2D eigenvalue weighted by Gasteiger charge is 2.16. The van der Waals surface area contributed by atoms with Gasteiger partial charge in [-0.3, -0.25) is 4.79 Å². The van der Waals surface area contributed by atoms with Crippen LogP contribution in [0.2, 0.25) is 0 Å². The standard InChI is InChI=1S/C27H29N7O3/c1-17-5-7-19(8-6-17)29-24(35)18(2)28-25-32-26(30-20-9-13-22(36-3)14-10-20)34-27(33-25)31-21-11-15-23(37-4)16-12-21/h5-16,18H,1-4H3,(H,29,35)(H3,28,30,31,32,33,34)/t18-/m0/s1. The molecule has 4 aromatic rings. The van der Waals surface area contributed by atoms with Gasteiger partial charge >= 0.3 is 0 Å². The zero-order valence-corrected chi connectivity index (χ0v) is 21.1. The van der Waals surface area contributed by atoms with E-state index in [1.807, 2.05) is 79.7 Å².